The van der Waals surface area contributed by atoms with E-state index < -0.39 is 0 Å². The van der Waals surface area contributed by atoms with E-state index in [9.17, 15) is 0 Å². The van der Waals surface area contributed by atoms with E-state index in [1.54, 1.807) is 7.11 Å². The molecule has 0 amide bonds. The lowest BCUT2D eigenvalue weighted by Crippen LogP contribution is -2.12. The lowest BCUT2D eigenvalue weighted by atomic mass is 10.2. The SMILES string of the molecule is CCCC(OC)c1noc(CNCC)n1. The number of methoxy groups -OCH3 is 1. The Bertz CT molecular complexity index is 275. The van der Waals surface area contributed by atoms with Gasteiger partial charge in [0.05, 0.1) is 6.54 Å². The molecule has 1 aromatic heterocycles. The normalized spacial score (nSPS) is 13.0. The maximum absolute atomic E-state index is 5.29. The molecule has 5 nitrogen and oxygen atoms in total. The van der Waals surface area contributed by atoms with Gasteiger partial charge in [-0.15, -0.1) is 0 Å². The average molecular weight is 213 g/mol. The molecule has 0 fully saturated rings. The quantitative estimate of drug-likeness (QED) is 0.746. The third-order valence-electron chi connectivity index (χ3n) is 2.13. The maximum Gasteiger partial charge on any atom is 0.240 e. The fraction of sp³-hybridized carbons (Fsp3) is 0.800. The van der Waals surface area contributed by atoms with Crippen LogP contribution in [0.25, 0.3) is 0 Å². The van der Waals surface area contributed by atoms with Gasteiger partial charge >= 0.3 is 0 Å². The van der Waals surface area contributed by atoms with Gasteiger partial charge in [-0.2, -0.15) is 4.98 Å². The average Bonchev–Trinajstić information content (AvgIpc) is 2.71. The Morgan fingerprint density at radius 1 is 1.47 bits per heavy atom. The molecule has 0 saturated carbocycles. The Kier molecular flexibility index (Phi) is 5.28. The van der Waals surface area contributed by atoms with Gasteiger partial charge in [0.15, 0.2) is 0 Å². The number of hydrogen-bond donors (Lipinski definition) is 1. The Hall–Kier alpha value is -0.940. The van der Waals surface area contributed by atoms with Crippen LogP contribution in [0.4, 0.5) is 0 Å². The zero-order valence-corrected chi connectivity index (χ0v) is 9.62. The molecule has 1 heterocycles. The number of hydrogen-bond acceptors (Lipinski definition) is 5. The van der Waals surface area contributed by atoms with Crippen LogP contribution in [0.5, 0.6) is 0 Å². The number of nitrogens with one attached hydrogen (secondary N) is 1. The zero-order valence-electron chi connectivity index (χ0n) is 9.62. The lowest BCUT2D eigenvalue weighted by molar-refractivity contribution is 0.0854. The first-order chi connectivity index (χ1) is 7.31. The van der Waals surface area contributed by atoms with Crippen LogP contribution in [0.1, 0.15) is 44.5 Å². The van der Waals surface area contributed by atoms with Crippen LogP contribution in [0.2, 0.25) is 0 Å². The van der Waals surface area contributed by atoms with Gasteiger partial charge in [-0.3, -0.25) is 0 Å². The summed E-state index contributed by atoms with van der Waals surface area (Å²) < 4.78 is 10.4. The first-order valence-corrected chi connectivity index (χ1v) is 5.37. The second-order valence-corrected chi connectivity index (χ2v) is 3.34. The monoisotopic (exact) mass is 213 g/mol. The minimum atomic E-state index is -0.0471. The van der Waals surface area contributed by atoms with Crippen molar-refractivity contribution >= 4 is 0 Å². The summed E-state index contributed by atoms with van der Waals surface area (Å²) in [4.78, 5) is 4.27. The highest BCUT2D eigenvalue weighted by molar-refractivity contribution is 4.91. The van der Waals surface area contributed by atoms with Gasteiger partial charge in [-0.25, -0.2) is 0 Å². The molecule has 0 radical (unpaired) electrons. The molecule has 1 aromatic rings. The van der Waals surface area contributed by atoms with Crippen molar-refractivity contribution in [3.63, 3.8) is 0 Å². The van der Waals surface area contributed by atoms with Crippen molar-refractivity contribution in [1.29, 1.82) is 0 Å². The molecule has 0 aromatic carbocycles. The van der Waals surface area contributed by atoms with Crippen LogP contribution in [0.15, 0.2) is 4.52 Å². The highest BCUT2D eigenvalue weighted by Gasteiger charge is 2.16. The molecule has 0 aliphatic heterocycles. The van der Waals surface area contributed by atoms with Gasteiger partial charge in [0.2, 0.25) is 11.7 Å². The molecule has 0 saturated heterocycles. The van der Waals surface area contributed by atoms with Crippen molar-refractivity contribution in [3.05, 3.63) is 11.7 Å². The fourth-order valence-corrected chi connectivity index (χ4v) is 1.32. The molecule has 1 unspecified atom stereocenters. The molecule has 0 spiro atoms. The molecular formula is C10H19N3O2. The van der Waals surface area contributed by atoms with E-state index in [4.69, 9.17) is 9.26 Å². The molecule has 0 bridgehead atoms. The van der Waals surface area contributed by atoms with Gasteiger partial charge in [0.25, 0.3) is 0 Å². The highest BCUT2D eigenvalue weighted by atomic mass is 16.5. The number of ether oxygens (including phenoxy) is 1. The van der Waals surface area contributed by atoms with E-state index >= 15 is 0 Å². The molecule has 86 valence electrons. The van der Waals surface area contributed by atoms with Crippen LogP contribution in [-0.4, -0.2) is 23.8 Å². The van der Waals surface area contributed by atoms with E-state index in [2.05, 4.69) is 22.4 Å². The highest BCUT2D eigenvalue weighted by Crippen LogP contribution is 2.18. The smallest absolute Gasteiger partial charge is 0.240 e. The Morgan fingerprint density at radius 3 is 2.87 bits per heavy atom. The molecule has 1 atom stereocenters. The van der Waals surface area contributed by atoms with Crippen molar-refractivity contribution < 1.29 is 9.26 Å². The van der Waals surface area contributed by atoms with Crippen molar-refractivity contribution in [2.45, 2.75) is 39.3 Å². The minimum absolute atomic E-state index is 0.0471. The van der Waals surface area contributed by atoms with Crippen molar-refractivity contribution in [2.75, 3.05) is 13.7 Å². The van der Waals surface area contributed by atoms with Crippen LogP contribution in [0, 0.1) is 0 Å². The zero-order chi connectivity index (χ0) is 11.1. The molecule has 1 N–H and O–H groups in total. The van der Waals surface area contributed by atoms with Crippen LogP contribution in [0.3, 0.4) is 0 Å². The third-order valence-corrected chi connectivity index (χ3v) is 2.13. The Balaban J connectivity index is 2.56. The van der Waals surface area contributed by atoms with Gasteiger partial charge < -0.3 is 14.6 Å². The number of rotatable bonds is 7. The van der Waals surface area contributed by atoms with Crippen molar-refractivity contribution in [2.24, 2.45) is 0 Å². The van der Waals surface area contributed by atoms with Crippen molar-refractivity contribution in [3.8, 4) is 0 Å². The summed E-state index contributed by atoms with van der Waals surface area (Å²) >= 11 is 0. The van der Waals surface area contributed by atoms with Gasteiger partial charge in [0.1, 0.15) is 6.10 Å². The van der Waals surface area contributed by atoms with Crippen LogP contribution < -0.4 is 5.32 Å². The molecule has 0 aliphatic rings. The summed E-state index contributed by atoms with van der Waals surface area (Å²) in [7, 11) is 1.67. The predicted octanol–water partition coefficient (Wildman–Crippen LogP) is 1.67. The summed E-state index contributed by atoms with van der Waals surface area (Å²) in [6.07, 6.45) is 1.90. The van der Waals surface area contributed by atoms with E-state index in [1.807, 2.05) is 6.92 Å². The molecule has 5 heteroatoms. The van der Waals surface area contributed by atoms with Crippen molar-refractivity contribution in [1.82, 2.24) is 15.5 Å². The summed E-state index contributed by atoms with van der Waals surface area (Å²) in [6.45, 7) is 5.64. The van der Waals surface area contributed by atoms with E-state index in [-0.39, 0.29) is 6.10 Å². The minimum Gasteiger partial charge on any atom is -0.373 e. The Labute approximate surface area is 90.2 Å². The molecule has 1 rings (SSSR count). The third kappa shape index (κ3) is 3.60. The fourth-order valence-electron chi connectivity index (χ4n) is 1.32. The molecular weight excluding hydrogens is 194 g/mol. The van der Waals surface area contributed by atoms with Crippen LogP contribution in [-0.2, 0) is 11.3 Å². The lowest BCUT2D eigenvalue weighted by Gasteiger charge is -2.08. The maximum atomic E-state index is 5.29. The molecule has 0 aliphatic carbocycles. The topological polar surface area (TPSA) is 60.2 Å². The summed E-state index contributed by atoms with van der Waals surface area (Å²) in [5.41, 5.74) is 0. The summed E-state index contributed by atoms with van der Waals surface area (Å²) in [5, 5.41) is 7.04. The van der Waals surface area contributed by atoms with E-state index in [1.165, 1.54) is 0 Å². The summed E-state index contributed by atoms with van der Waals surface area (Å²) in [5.74, 6) is 1.26. The first-order valence-electron chi connectivity index (χ1n) is 5.37. The second kappa shape index (κ2) is 6.53. The summed E-state index contributed by atoms with van der Waals surface area (Å²) in [6, 6.07) is 0. The largest absolute Gasteiger partial charge is 0.373 e. The second-order valence-electron chi connectivity index (χ2n) is 3.34. The first kappa shape index (κ1) is 12.1. The van der Waals surface area contributed by atoms with E-state index in [0.717, 1.165) is 19.4 Å². The van der Waals surface area contributed by atoms with Crippen LogP contribution >= 0.6 is 0 Å². The van der Waals surface area contributed by atoms with Gasteiger partial charge in [-0.1, -0.05) is 25.4 Å². The van der Waals surface area contributed by atoms with E-state index in [0.29, 0.717) is 18.3 Å². The predicted molar refractivity (Wildman–Crippen MR) is 56.3 cm³/mol. The number of aromatic nitrogens is 2. The van der Waals surface area contributed by atoms with Gasteiger partial charge in [-0.05, 0) is 13.0 Å². The molecule has 15 heavy (non-hydrogen) atoms. The number of nitrogens with zero attached hydrogens (tertiary/aromatic N) is 2. The standard InChI is InChI=1S/C10H19N3O2/c1-4-6-8(14-3)10-12-9(15-13-10)7-11-5-2/h8,11H,4-7H2,1-3H3. The van der Waals surface area contributed by atoms with Gasteiger partial charge in [0, 0.05) is 7.11 Å². The Morgan fingerprint density at radius 2 is 2.27 bits per heavy atom.